The van der Waals surface area contributed by atoms with Gasteiger partial charge in [-0.1, -0.05) is 29.3 Å². The number of rotatable bonds is 3. The van der Waals surface area contributed by atoms with Crippen molar-refractivity contribution in [1.29, 1.82) is 0 Å². The molecule has 21 heavy (non-hydrogen) atoms. The number of piperidine rings is 1. The highest BCUT2D eigenvalue weighted by Crippen LogP contribution is 2.25. The van der Waals surface area contributed by atoms with Gasteiger partial charge in [-0.2, -0.15) is 0 Å². The van der Waals surface area contributed by atoms with Crippen LogP contribution in [0.3, 0.4) is 0 Å². The number of halogens is 2. The zero-order valence-electron chi connectivity index (χ0n) is 11.6. The first-order chi connectivity index (χ1) is 9.97. The summed E-state index contributed by atoms with van der Waals surface area (Å²) in [6.07, 6.45) is 1.51. The van der Waals surface area contributed by atoms with Gasteiger partial charge >= 0.3 is 6.03 Å². The third-order valence-corrected chi connectivity index (χ3v) is 4.12. The van der Waals surface area contributed by atoms with Crippen LogP contribution in [-0.4, -0.2) is 24.5 Å². The van der Waals surface area contributed by atoms with Crippen molar-refractivity contribution in [3.63, 3.8) is 0 Å². The van der Waals surface area contributed by atoms with Gasteiger partial charge in [0.15, 0.2) is 0 Å². The number of benzene rings is 1. The van der Waals surface area contributed by atoms with Crippen molar-refractivity contribution in [3.05, 3.63) is 33.8 Å². The molecule has 0 spiro atoms. The summed E-state index contributed by atoms with van der Waals surface area (Å²) in [7, 11) is 0. The fourth-order valence-electron chi connectivity index (χ4n) is 2.17. The van der Waals surface area contributed by atoms with Crippen LogP contribution in [0.25, 0.3) is 0 Å². The summed E-state index contributed by atoms with van der Waals surface area (Å²) in [5.41, 5.74) is 0.840. The first kappa shape index (κ1) is 15.9. The topological polar surface area (TPSA) is 70.2 Å². The average molecular weight is 330 g/mol. The lowest BCUT2D eigenvalue weighted by Crippen LogP contribution is -2.52. The molecular weight excluding hydrogens is 313 g/mol. The Balaban J connectivity index is 1.92. The molecule has 1 aromatic rings. The summed E-state index contributed by atoms with van der Waals surface area (Å²) in [5.74, 6) is -0.140. The van der Waals surface area contributed by atoms with Crippen LogP contribution < -0.4 is 16.0 Å². The van der Waals surface area contributed by atoms with E-state index in [2.05, 4.69) is 16.0 Å². The average Bonchev–Trinajstić information content (AvgIpc) is 2.44. The van der Waals surface area contributed by atoms with Crippen LogP contribution in [0.4, 0.5) is 4.79 Å². The molecule has 114 valence electrons. The van der Waals surface area contributed by atoms with Gasteiger partial charge in [-0.15, -0.1) is 0 Å². The minimum atomic E-state index is -0.472. The zero-order chi connectivity index (χ0) is 15.4. The molecule has 0 aliphatic carbocycles. The van der Waals surface area contributed by atoms with Crippen molar-refractivity contribution in [1.82, 2.24) is 16.0 Å². The second-order valence-electron chi connectivity index (χ2n) is 5.00. The summed E-state index contributed by atoms with van der Waals surface area (Å²) in [5, 5.41) is 9.08. The van der Waals surface area contributed by atoms with E-state index < -0.39 is 6.04 Å². The normalized spacial score (nSPS) is 19.6. The molecule has 1 aliphatic heterocycles. The number of nitrogens with one attached hydrogen (secondary N) is 3. The lowest BCUT2D eigenvalue weighted by atomic mass is 10.1. The number of hydrogen-bond acceptors (Lipinski definition) is 2. The van der Waals surface area contributed by atoms with Crippen LogP contribution in [0, 0.1) is 0 Å². The summed E-state index contributed by atoms with van der Waals surface area (Å²) >= 11 is 11.8. The van der Waals surface area contributed by atoms with E-state index in [-0.39, 0.29) is 18.0 Å². The van der Waals surface area contributed by atoms with Crippen LogP contribution >= 0.6 is 23.2 Å². The Hall–Kier alpha value is -1.46. The predicted molar refractivity (Wildman–Crippen MR) is 82.6 cm³/mol. The van der Waals surface area contributed by atoms with Crippen molar-refractivity contribution < 1.29 is 9.59 Å². The molecule has 0 aromatic heterocycles. The molecule has 2 rings (SSSR count). The number of carbonyl (C=O) groups excluding carboxylic acids is 2. The van der Waals surface area contributed by atoms with Crippen molar-refractivity contribution in [2.45, 2.75) is 31.8 Å². The molecule has 1 fully saturated rings. The molecular formula is C14H17Cl2N3O2. The van der Waals surface area contributed by atoms with Crippen LogP contribution in [0.5, 0.6) is 0 Å². The van der Waals surface area contributed by atoms with Gasteiger partial charge in [0.25, 0.3) is 0 Å². The standard InChI is InChI=1S/C14H17Cl2N3O2/c1-8(9-4-5-10(15)11(16)7-9)18-14(21)19-12-3-2-6-17-13(12)20/h4-5,7-8,12H,2-3,6H2,1H3,(H,17,20)(H2,18,19,21)/t8-,12-/m1/s1. The van der Waals surface area contributed by atoms with Crippen LogP contribution in [0.15, 0.2) is 18.2 Å². The predicted octanol–water partition coefficient (Wildman–Crippen LogP) is 2.63. The van der Waals surface area contributed by atoms with Crippen molar-refractivity contribution in [2.24, 2.45) is 0 Å². The fraction of sp³-hybridized carbons (Fsp3) is 0.429. The Morgan fingerprint density at radius 1 is 1.38 bits per heavy atom. The Bertz CT molecular complexity index is 551. The Morgan fingerprint density at radius 3 is 2.81 bits per heavy atom. The monoisotopic (exact) mass is 329 g/mol. The molecule has 0 saturated carbocycles. The second-order valence-corrected chi connectivity index (χ2v) is 5.81. The maximum absolute atomic E-state index is 11.9. The Labute approximate surface area is 133 Å². The minimum Gasteiger partial charge on any atom is -0.354 e. The van der Waals surface area contributed by atoms with Gasteiger partial charge in [0, 0.05) is 6.54 Å². The largest absolute Gasteiger partial charge is 0.354 e. The van der Waals surface area contributed by atoms with Crippen molar-refractivity contribution in [3.8, 4) is 0 Å². The number of hydrogen-bond donors (Lipinski definition) is 3. The summed E-state index contributed by atoms with van der Waals surface area (Å²) < 4.78 is 0. The van der Waals surface area contributed by atoms with Gasteiger partial charge in [0.1, 0.15) is 6.04 Å². The lowest BCUT2D eigenvalue weighted by molar-refractivity contribution is -0.124. The maximum Gasteiger partial charge on any atom is 0.315 e. The highest BCUT2D eigenvalue weighted by atomic mass is 35.5. The van der Waals surface area contributed by atoms with Gasteiger partial charge in [-0.25, -0.2) is 4.79 Å². The third-order valence-electron chi connectivity index (χ3n) is 3.38. The quantitative estimate of drug-likeness (QED) is 0.797. The Kier molecular flexibility index (Phi) is 5.31. The van der Waals surface area contributed by atoms with Crippen molar-refractivity contribution >= 4 is 35.1 Å². The highest BCUT2D eigenvalue weighted by Gasteiger charge is 2.24. The van der Waals surface area contributed by atoms with E-state index in [1.54, 1.807) is 18.2 Å². The molecule has 0 radical (unpaired) electrons. The molecule has 3 amide bonds. The minimum absolute atomic E-state index is 0.140. The SMILES string of the molecule is C[C@@H](NC(=O)N[C@@H]1CCCNC1=O)c1ccc(Cl)c(Cl)c1. The van der Waals surface area contributed by atoms with E-state index in [1.807, 2.05) is 6.92 Å². The molecule has 0 bridgehead atoms. The van der Waals surface area contributed by atoms with Crippen molar-refractivity contribution in [2.75, 3.05) is 6.54 Å². The second kappa shape index (κ2) is 7.00. The van der Waals surface area contributed by atoms with E-state index in [9.17, 15) is 9.59 Å². The maximum atomic E-state index is 11.9. The van der Waals surface area contributed by atoms with Gasteiger partial charge in [-0.05, 0) is 37.5 Å². The molecule has 1 aliphatic rings. The van der Waals surface area contributed by atoms with Gasteiger partial charge in [0.05, 0.1) is 16.1 Å². The molecule has 0 unspecified atom stereocenters. The molecule has 2 atom stereocenters. The van der Waals surface area contributed by atoms with E-state index in [1.165, 1.54) is 0 Å². The number of urea groups is 1. The number of carbonyl (C=O) groups is 2. The summed E-state index contributed by atoms with van der Waals surface area (Å²) in [6.45, 7) is 2.50. The van der Waals surface area contributed by atoms with E-state index in [4.69, 9.17) is 23.2 Å². The smallest absolute Gasteiger partial charge is 0.315 e. The van der Waals surface area contributed by atoms with Crippen LogP contribution in [-0.2, 0) is 4.79 Å². The zero-order valence-corrected chi connectivity index (χ0v) is 13.1. The molecule has 1 heterocycles. The molecule has 3 N–H and O–H groups in total. The van der Waals surface area contributed by atoms with Gasteiger partial charge in [0.2, 0.25) is 5.91 Å². The highest BCUT2D eigenvalue weighted by molar-refractivity contribution is 6.42. The third kappa shape index (κ3) is 4.25. The molecule has 1 saturated heterocycles. The first-order valence-corrected chi connectivity index (χ1v) is 7.52. The molecule has 1 aromatic carbocycles. The van der Waals surface area contributed by atoms with E-state index in [0.29, 0.717) is 23.0 Å². The Morgan fingerprint density at radius 2 is 2.14 bits per heavy atom. The lowest BCUT2D eigenvalue weighted by Gasteiger charge is -2.24. The summed E-state index contributed by atoms with van der Waals surface area (Å²) in [4.78, 5) is 23.5. The fourth-order valence-corrected chi connectivity index (χ4v) is 2.48. The summed E-state index contributed by atoms with van der Waals surface area (Å²) in [6, 6.07) is 4.10. The van der Waals surface area contributed by atoms with E-state index in [0.717, 1.165) is 12.0 Å². The van der Waals surface area contributed by atoms with Crippen LogP contribution in [0.2, 0.25) is 10.0 Å². The van der Waals surface area contributed by atoms with Gasteiger partial charge in [-0.3, -0.25) is 4.79 Å². The van der Waals surface area contributed by atoms with Gasteiger partial charge < -0.3 is 16.0 Å². The molecule has 7 heteroatoms. The molecule has 5 nitrogen and oxygen atoms in total. The van der Waals surface area contributed by atoms with Crippen LogP contribution in [0.1, 0.15) is 31.4 Å². The number of amides is 3. The first-order valence-electron chi connectivity index (χ1n) is 6.77. The van der Waals surface area contributed by atoms with E-state index >= 15 is 0 Å².